The van der Waals surface area contributed by atoms with Crippen LogP contribution in [-0.2, 0) is 9.53 Å². The molecule has 0 unspecified atom stereocenters. The van der Waals surface area contributed by atoms with Gasteiger partial charge in [-0.05, 0) is 25.1 Å². The molecule has 0 aliphatic carbocycles. The summed E-state index contributed by atoms with van der Waals surface area (Å²) in [5.41, 5.74) is 0.223. The maximum Gasteiger partial charge on any atom is 0.330 e. The summed E-state index contributed by atoms with van der Waals surface area (Å²) in [5.74, 6) is -1.26. The van der Waals surface area contributed by atoms with Crippen molar-refractivity contribution >= 4 is 12.0 Å². The number of benzene rings is 1. The van der Waals surface area contributed by atoms with Crippen molar-refractivity contribution in [3.05, 3.63) is 35.7 Å². The number of phenolic OH excluding ortho intramolecular Hbond substituents is 1. The van der Waals surface area contributed by atoms with E-state index < -0.39 is 11.8 Å². The normalized spacial score (nSPS) is 10.5. The van der Waals surface area contributed by atoms with Crippen molar-refractivity contribution in [2.75, 3.05) is 6.61 Å². The molecule has 0 saturated heterocycles. The summed E-state index contributed by atoms with van der Waals surface area (Å²) in [6.07, 6.45) is 2.44. The number of phenols is 1. The standard InChI is InChI=1S/C11H11FO3/c1-2-15-11(14)6-4-8-3-5-9(13)7-10(8)12/h3-7,13H,2H2,1H3. The largest absolute Gasteiger partial charge is 0.508 e. The van der Waals surface area contributed by atoms with Crippen molar-refractivity contribution in [3.8, 4) is 5.75 Å². The number of carbonyl (C=O) groups is 1. The lowest BCUT2D eigenvalue weighted by atomic mass is 10.2. The molecular weight excluding hydrogens is 199 g/mol. The highest BCUT2D eigenvalue weighted by molar-refractivity contribution is 5.87. The first-order chi connectivity index (χ1) is 7.13. The number of hydrogen-bond acceptors (Lipinski definition) is 3. The number of aromatic hydroxyl groups is 1. The molecule has 0 heterocycles. The molecular formula is C11H11FO3. The lowest BCUT2D eigenvalue weighted by molar-refractivity contribution is -0.137. The third kappa shape index (κ3) is 3.42. The van der Waals surface area contributed by atoms with Gasteiger partial charge in [0.2, 0.25) is 0 Å². The monoisotopic (exact) mass is 210 g/mol. The molecule has 3 nitrogen and oxygen atoms in total. The van der Waals surface area contributed by atoms with E-state index in [0.717, 1.165) is 12.1 Å². The van der Waals surface area contributed by atoms with Crippen molar-refractivity contribution in [1.82, 2.24) is 0 Å². The lowest BCUT2D eigenvalue weighted by Gasteiger charge is -1.98. The molecule has 0 radical (unpaired) electrons. The van der Waals surface area contributed by atoms with Crippen LogP contribution in [0.4, 0.5) is 4.39 Å². The van der Waals surface area contributed by atoms with Gasteiger partial charge >= 0.3 is 5.97 Å². The van der Waals surface area contributed by atoms with Gasteiger partial charge in [-0.25, -0.2) is 9.18 Å². The van der Waals surface area contributed by atoms with Crippen LogP contribution in [0.1, 0.15) is 12.5 Å². The van der Waals surface area contributed by atoms with Crippen LogP contribution < -0.4 is 0 Å². The molecule has 0 amide bonds. The Morgan fingerprint density at radius 1 is 1.60 bits per heavy atom. The Balaban J connectivity index is 2.76. The molecule has 1 aromatic carbocycles. The Labute approximate surface area is 86.8 Å². The van der Waals surface area contributed by atoms with Gasteiger partial charge in [-0.1, -0.05) is 0 Å². The van der Waals surface area contributed by atoms with Gasteiger partial charge in [-0.15, -0.1) is 0 Å². The van der Waals surface area contributed by atoms with Gasteiger partial charge in [0.25, 0.3) is 0 Å². The average molecular weight is 210 g/mol. The Bertz CT molecular complexity index is 385. The minimum Gasteiger partial charge on any atom is -0.508 e. The van der Waals surface area contributed by atoms with Crippen LogP contribution >= 0.6 is 0 Å². The molecule has 80 valence electrons. The number of rotatable bonds is 3. The SMILES string of the molecule is CCOC(=O)C=Cc1ccc(O)cc1F. The van der Waals surface area contributed by atoms with Gasteiger partial charge in [-0.3, -0.25) is 0 Å². The molecule has 1 aromatic rings. The fourth-order valence-electron chi connectivity index (χ4n) is 0.999. The molecule has 0 atom stereocenters. The van der Waals surface area contributed by atoms with E-state index in [2.05, 4.69) is 4.74 Å². The van der Waals surface area contributed by atoms with Crippen LogP contribution in [0.3, 0.4) is 0 Å². The summed E-state index contributed by atoms with van der Waals surface area (Å²) < 4.78 is 17.8. The second-order valence-corrected chi connectivity index (χ2v) is 2.79. The second-order valence-electron chi connectivity index (χ2n) is 2.79. The quantitative estimate of drug-likeness (QED) is 0.614. The molecule has 0 spiro atoms. The molecule has 1 N–H and O–H groups in total. The van der Waals surface area contributed by atoms with Gasteiger partial charge in [0.05, 0.1) is 6.61 Å². The fourth-order valence-corrected chi connectivity index (χ4v) is 0.999. The van der Waals surface area contributed by atoms with E-state index in [-0.39, 0.29) is 17.9 Å². The van der Waals surface area contributed by atoms with Gasteiger partial charge in [0, 0.05) is 17.7 Å². The van der Waals surface area contributed by atoms with E-state index in [1.165, 1.54) is 18.2 Å². The van der Waals surface area contributed by atoms with E-state index >= 15 is 0 Å². The zero-order valence-electron chi connectivity index (χ0n) is 8.24. The summed E-state index contributed by atoms with van der Waals surface area (Å²) in [7, 11) is 0. The first-order valence-corrected chi connectivity index (χ1v) is 4.47. The Morgan fingerprint density at radius 3 is 2.93 bits per heavy atom. The molecule has 0 saturated carbocycles. The third-order valence-electron chi connectivity index (χ3n) is 1.67. The summed E-state index contributed by atoms with van der Waals surface area (Å²) in [4.78, 5) is 10.9. The summed E-state index contributed by atoms with van der Waals surface area (Å²) in [5, 5.41) is 8.94. The molecule has 0 aliphatic heterocycles. The third-order valence-corrected chi connectivity index (χ3v) is 1.67. The predicted molar refractivity (Wildman–Crippen MR) is 53.7 cm³/mol. The van der Waals surface area contributed by atoms with Crippen molar-refractivity contribution < 1.29 is 19.0 Å². The number of ether oxygens (including phenoxy) is 1. The molecule has 15 heavy (non-hydrogen) atoms. The lowest BCUT2D eigenvalue weighted by Crippen LogP contribution is -1.98. The van der Waals surface area contributed by atoms with Crippen LogP contribution in [0.2, 0.25) is 0 Å². The van der Waals surface area contributed by atoms with Crippen molar-refractivity contribution in [3.63, 3.8) is 0 Å². The summed E-state index contributed by atoms with van der Waals surface area (Å²) >= 11 is 0. The smallest absolute Gasteiger partial charge is 0.330 e. The van der Waals surface area contributed by atoms with Gasteiger partial charge < -0.3 is 9.84 Å². The summed E-state index contributed by atoms with van der Waals surface area (Å²) in [6.45, 7) is 1.97. The number of esters is 1. The Morgan fingerprint density at radius 2 is 2.33 bits per heavy atom. The van der Waals surface area contributed by atoms with E-state index in [0.29, 0.717) is 0 Å². The number of hydrogen-bond donors (Lipinski definition) is 1. The van der Waals surface area contributed by atoms with Gasteiger partial charge in [0.15, 0.2) is 0 Å². The van der Waals surface area contributed by atoms with E-state index in [1.807, 2.05) is 0 Å². The first kappa shape index (κ1) is 11.2. The average Bonchev–Trinajstić information content (AvgIpc) is 2.17. The van der Waals surface area contributed by atoms with Crippen LogP contribution in [0.5, 0.6) is 5.75 Å². The second kappa shape index (κ2) is 5.14. The first-order valence-electron chi connectivity index (χ1n) is 4.47. The Hall–Kier alpha value is -1.84. The fraction of sp³-hybridized carbons (Fsp3) is 0.182. The molecule has 1 rings (SSSR count). The minimum absolute atomic E-state index is 0.152. The van der Waals surface area contributed by atoms with E-state index in [9.17, 15) is 9.18 Å². The zero-order valence-corrected chi connectivity index (χ0v) is 8.24. The van der Waals surface area contributed by atoms with Gasteiger partial charge in [0.1, 0.15) is 11.6 Å². The van der Waals surface area contributed by atoms with Gasteiger partial charge in [-0.2, -0.15) is 0 Å². The minimum atomic E-state index is -0.587. The van der Waals surface area contributed by atoms with Crippen LogP contribution in [0.15, 0.2) is 24.3 Å². The molecule has 4 heteroatoms. The highest BCUT2D eigenvalue weighted by atomic mass is 19.1. The van der Waals surface area contributed by atoms with E-state index in [1.54, 1.807) is 6.92 Å². The van der Waals surface area contributed by atoms with Crippen molar-refractivity contribution in [2.45, 2.75) is 6.92 Å². The maximum atomic E-state index is 13.1. The highest BCUT2D eigenvalue weighted by Gasteiger charge is 2.00. The predicted octanol–water partition coefficient (Wildman–Crippen LogP) is 2.11. The topological polar surface area (TPSA) is 46.5 Å². The molecule has 0 fully saturated rings. The van der Waals surface area contributed by atoms with Crippen LogP contribution in [0.25, 0.3) is 6.08 Å². The van der Waals surface area contributed by atoms with Crippen LogP contribution in [-0.4, -0.2) is 17.7 Å². The maximum absolute atomic E-state index is 13.1. The summed E-state index contributed by atoms with van der Waals surface area (Å²) in [6, 6.07) is 3.69. The van der Waals surface area contributed by atoms with E-state index in [4.69, 9.17) is 5.11 Å². The van der Waals surface area contributed by atoms with Crippen molar-refractivity contribution in [1.29, 1.82) is 0 Å². The number of halogens is 1. The Kier molecular flexibility index (Phi) is 3.85. The number of carbonyl (C=O) groups excluding carboxylic acids is 1. The van der Waals surface area contributed by atoms with Crippen LogP contribution in [0, 0.1) is 5.82 Å². The molecule has 0 aromatic heterocycles. The molecule has 0 aliphatic rings. The molecule has 0 bridgehead atoms. The van der Waals surface area contributed by atoms with Crippen molar-refractivity contribution in [2.24, 2.45) is 0 Å². The highest BCUT2D eigenvalue weighted by Crippen LogP contribution is 2.15. The zero-order chi connectivity index (χ0) is 11.3.